The molecule has 2 heterocycles. The molecule has 0 saturated carbocycles. The van der Waals surface area contributed by atoms with E-state index in [1.54, 1.807) is 0 Å². The molecule has 1 amide bonds. The third-order valence-corrected chi connectivity index (χ3v) is 6.86. The number of carbonyl (C=O) groups is 1. The van der Waals surface area contributed by atoms with Gasteiger partial charge in [0.15, 0.2) is 5.13 Å². The highest BCUT2D eigenvalue weighted by Gasteiger charge is 2.20. The molecule has 1 aromatic heterocycles. The average Bonchev–Trinajstić information content (AvgIpc) is 3.21. The number of rotatable bonds is 6. The van der Waals surface area contributed by atoms with Crippen LogP contribution in [0.2, 0.25) is 15.1 Å². The Bertz CT molecular complexity index is 1050. The van der Waals surface area contributed by atoms with E-state index in [0.29, 0.717) is 26.7 Å². The van der Waals surface area contributed by atoms with Crippen LogP contribution in [0, 0.1) is 0 Å². The summed E-state index contributed by atoms with van der Waals surface area (Å²) >= 11 is 19.5. The number of hydrogen-bond donors (Lipinski definition) is 1. The minimum atomic E-state index is -0.0464. The highest BCUT2D eigenvalue weighted by Crippen LogP contribution is 2.26. The molecule has 1 saturated heterocycles. The van der Waals surface area contributed by atoms with Crippen molar-refractivity contribution in [2.24, 2.45) is 0 Å². The van der Waals surface area contributed by atoms with Gasteiger partial charge >= 0.3 is 0 Å². The number of aromatic nitrogens is 1. The number of piperazine rings is 1. The third-order valence-electron chi connectivity index (χ3n) is 5.11. The van der Waals surface area contributed by atoms with Crippen molar-refractivity contribution in [1.82, 2.24) is 14.8 Å². The molecule has 1 N–H and O–H groups in total. The number of nitrogens with zero attached hydrogens (tertiary/aromatic N) is 3. The summed E-state index contributed by atoms with van der Waals surface area (Å²) in [6, 6.07) is 13.2. The Kier molecular flexibility index (Phi) is 7.48. The number of benzene rings is 2. The predicted molar refractivity (Wildman–Crippen MR) is 129 cm³/mol. The number of amides is 1. The number of anilines is 1. The molecule has 0 unspecified atom stereocenters. The lowest BCUT2D eigenvalue weighted by molar-refractivity contribution is -0.117. The van der Waals surface area contributed by atoms with E-state index < -0.39 is 0 Å². The molecule has 0 bridgehead atoms. The molecule has 4 rings (SSSR count). The molecular weight excluding hydrogens is 475 g/mol. The zero-order chi connectivity index (χ0) is 21.8. The first kappa shape index (κ1) is 22.5. The second kappa shape index (κ2) is 10.3. The Balaban J connectivity index is 1.24. The zero-order valence-corrected chi connectivity index (χ0v) is 19.7. The second-order valence-electron chi connectivity index (χ2n) is 7.39. The highest BCUT2D eigenvalue weighted by molar-refractivity contribution is 7.14. The summed E-state index contributed by atoms with van der Waals surface area (Å²) in [5.41, 5.74) is 2.94. The maximum atomic E-state index is 12.5. The highest BCUT2D eigenvalue weighted by atomic mass is 35.5. The molecule has 5 nitrogen and oxygen atoms in total. The molecule has 2 aromatic carbocycles. The van der Waals surface area contributed by atoms with Crippen molar-refractivity contribution in [3.8, 4) is 11.3 Å². The lowest BCUT2D eigenvalue weighted by atomic mass is 10.2. The van der Waals surface area contributed by atoms with Gasteiger partial charge in [0.2, 0.25) is 5.91 Å². The van der Waals surface area contributed by atoms with Gasteiger partial charge in [0.1, 0.15) is 0 Å². The van der Waals surface area contributed by atoms with E-state index in [1.807, 2.05) is 47.8 Å². The fourth-order valence-electron chi connectivity index (χ4n) is 3.45. The fraction of sp³-hybridized carbons (Fsp3) is 0.273. The van der Waals surface area contributed by atoms with Crippen molar-refractivity contribution in [2.75, 3.05) is 38.0 Å². The van der Waals surface area contributed by atoms with Crippen molar-refractivity contribution >= 4 is 57.2 Å². The number of halogens is 3. The summed E-state index contributed by atoms with van der Waals surface area (Å²) in [4.78, 5) is 21.5. The van der Waals surface area contributed by atoms with E-state index in [0.717, 1.165) is 49.5 Å². The Morgan fingerprint density at radius 3 is 2.39 bits per heavy atom. The SMILES string of the molecule is O=C(CN1CCN(Cc2ccc(Cl)c(Cl)c2)CC1)Nc1nc(-c2ccc(Cl)cc2)cs1. The maximum Gasteiger partial charge on any atom is 0.240 e. The van der Waals surface area contributed by atoms with E-state index in [9.17, 15) is 4.79 Å². The minimum Gasteiger partial charge on any atom is -0.301 e. The summed E-state index contributed by atoms with van der Waals surface area (Å²) in [7, 11) is 0. The Labute approximate surface area is 200 Å². The standard InChI is InChI=1S/C22H21Cl3N4OS/c23-17-4-2-16(3-5-17)20-14-31-22(26-20)27-21(30)13-29-9-7-28(8-10-29)12-15-1-6-18(24)19(25)11-15/h1-6,11,14H,7-10,12-13H2,(H,26,27,30). The van der Waals surface area contributed by atoms with Crippen LogP contribution in [-0.4, -0.2) is 53.4 Å². The quantitative estimate of drug-likeness (QED) is 0.489. The maximum absolute atomic E-state index is 12.5. The minimum absolute atomic E-state index is 0.0464. The van der Waals surface area contributed by atoms with Gasteiger partial charge in [-0.1, -0.05) is 53.0 Å². The van der Waals surface area contributed by atoms with Crippen molar-refractivity contribution in [3.05, 3.63) is 68.5 Å². The molecule has 1 aliphatic heterocycles. The van der Waals surface area contributed by atoms with Crippen LogP contribution < -0.4 is 5.32 Å². The molecule has 0 spiro atoms. The first-order chi connectivity index (χ1) is 15.0. The number of hydrogen-bond acceptors (Lipinski definition) is 5. The summed E-state index contributed by atoms with van der Waals surface area (Å²) in [5, 5.41) is 7.28. The normalized spacial score (nSPS) is 15.2. The third kappa shape index (κ3) is 6.19. The molecular formula is C22H21Cl3N4OS. The summed E-state index contributed by atoms with van der Waals surface area (Å²) in [6.45, 7) is 4.64. The van der Waals surface area contributed by atoms with Crippen molar-refractivity contribution in [1.29, 1.82) is 0 Å². The van der Waals surface area contributed by atoms with Crippen molar-refractivity contribution in [3.63, 3.8) is 0 Å². The molecule has 1 aliphatic rings. The van der Waals surface area contributed by atoms with Gasteiger partial charge in [-0.25, -0.2) is 4.98 Å². The summed E-state index contributed by atoms with van der Waals surface area (Å²) in [6.07, 6.45) is 0. The van der Waals surface area contributed by atoms with Crippen LogP contribution in [0.25, 0.3) is 11.3 Å². The molecule has 9 heteroatoms. The lowest BCUT2D eigenvalue weighted by Crippen LogP contribution is -2.48. The van der Waals surface area contributed by atoms with Gasteiger partial charge in [0, 0.05) is 48.7 Å². The molecule has 162 valence electrons. The Morgan fingerprint density at radius 1 is 0.968 bits per heavy atom. The van der Waals surface area contributed by atoms with Gasteiger partial charge in [0.05, 0.1) is 22.3 Å². The van der Waals surface area contributed by atoms with Gasteiger partial charge in [0.25, 0.3) is 0 Å². The molecule has 0 atom stereocenters. The topological polar surface area (TPSA) is 48.5 Å². The van der Waals surface area contributed by atoms with Gasteiger partial charge in [-0.15, -0.1) is 11.3 Å². The Morgan fingerprint density at radius 2 is 1.68 bits per heavy atom. The van der Waals surface area contributed by atoms with Gasteiger partial charge < -0.3 is 5.32 Å². The van der Waals surface area contributed by atoms with E-state index >= 15 is 0 Å². The van der Waals surface area contributed by atoms with Crippen LogP contribution in [0.4, 0.5) is 5.13 Å². The van der Waals surface area contributed by atoms with Crippen LogP contribution in [0.15, 0.2) is 47.8 Å². The Hall–Kier alpha value is -1.67. The van der Waals surface area contributed by atoms with Crippen molar-refractivity contribution < 1.29 is 4.79 Å². The molecule has 1 fully saturated rings. The smallest absolute Gasteiger partial charge is 0.240 e. The fourth-order valence-corrected chi connectivity index (χ4v) is 4.63. The second-order valence-corrected chi connectivity index (χ2v) is 9.50. The van der Waals surface area contributed by atoms with Crippen LogP contribution in [-0.2, 0) is 11.3 Å². The van der Waals surface area contributed by atoms with Gasteiger partial charge in [-0.3, -0.25) is 14.6 Å². The predicted octanol–water partition coefficient (Wildman–Crippen LogP) is 5.53. The summed E-state index contributed by atoms with van der Waals surface area (Å²) < 4.78 is 0. The van der Waals surface area contributed by atoms with Crippen LogP contribution in [0.5, 0.6) is 0 Å². The van der Waals surface area contributed by atoms with Gasteiger partial charge in [-0.05, 0) is 29.8 Å². The van der Waals surface area contributed by atoms with E-state index in [4.69, 9.17) is 34.8 Å². The van der Waals surface area contributed by atoms with Gasteiger partial charge in [-0.2, -0.15) is 0 Å². The van der Waals surface area contributed by atoms with E-state index in [-0.39, 0.29) is 5.91 Å². The first-order valence-electron chi connectivity index (χ1n) is 9.86. The lowest BCUT2D eigenvalue weighted by Gasteiger charge is -2.34. The largest absolute Gasteiger partial charge is 0.301 e. The van der Waals surface area contributed by atoms with Crippen LogP contribution >= 0.6 is 46.1 Å². The number of nitrogens with one attached hydrogen (secondary N) is 1. The van der Waals surface area contributed by atoms with Crippen LogP contribution in [0.3, 0.4) is 0 Å². The van der Waals surface area contributed by atoms with E-state index in [1.165, 1.54) is 11.3 Å². The average molecular weight is 496 g/mol. The first-order valence-corrected chi connectivity index (χ1v) is 11.9. The van der Waals surface area contributed by atoms with E-state index in [2.05, 4.69) is 20.1 Å². The monoisotopic (exact) mass is 494 g/mol. The molecule has 3 aromatic rings. The zero-order valence-electron chi connectivity index (χ0n) is 16.7. The molecule has 0 aliphatic carbocycles. The molecule has 31 heavy (non-hydrogen) atoms. The number of thiazole rings is 1. The summed E-state index contributed by atoms with van der Waals surface area (Å²) in [5.74, 6) is -0.0464. The molecule has 0 radical (unpaired) electrons. The van der Waals surface area contributed by atoms with Crippen LogP contribution in [0.1, 0.15) is 5.56 Å². The number of carbonyl (C=O) groups excluding carboxylic acids is 1. The van der Waals surface area contributed by atoms with Crippen molar-refractivity contribution in [2.45, 2.75) is 6.54 Å².